The topological polar surface area (TPSA) is 72.2 Å². The van der Waals surface area contributed by atoms with Crippen molar-refractivity contribution in [2.75, 3.05) is 10.5 Å². The van der Waals surface area contributed by atoms with Gasteiger partial charge in [0, 0.05) is 5.69 Å². The van der Waals surface area contributed by atoms with E-state index in [1.165, 1.54) is 25.1 Å². The SMILES string of the molecule is Cc1ccc(F)cc1NS(=O)(=O)c1cc(N)cc(C)c1F. The van der Waals surface area contributed by atoms with Gasteiger partial charge in [0.15, 0.2) is 0 Å². The zero-order valence-electron chi connectivity index (χ0n) is 11.4. The molecular formula is C14H14F2N2O2S. The molecule has 0 aliphatic carbocycles. The normalized spacial score (nSPS) is 11.4. The van der Waals surface area contributed by atoms with Crippen molar-refractivity contribution in [2.24, 2.45) is 0 Å². The molecule has 4 nitrogen and oxygen atoms in total. The van der Waals surface area contributed by atoms with Crippen molar-refractivity contribution in [3.05, 3.63) is 53.1 Å². The Morgan fingerprint density at radius 3 is 2.38 bits per heavy atom. The molecule has 0 fully saturated rings. The quantitative estimate of drug-likeness (QED) is 0.856. The van der Waals surface area contributed by atoms with Crippen LogP contribution in [0.4, 0.5) is 20.2 Å². The first kappa shape index (κ1) is 15.2. The molecule has 0 aromatic heterocycles. The minimum atomic E-state index is -4.20. The fraction of sp³-hybridized carbons (Fsp3) is 0.143. The average Bonchev–Trinajstić information content (AvgIpc) is 2.37. The van der Waals surface area contributed by atoms with Gasteiger partial charge in [-0.25, -0.2) is 17.2 Å². The smallest absolute Gasteiger partial charge is 0.264 e. The Kier molecular flexibility index (Phi) is 3.87. The standard InChI is InChI=1S/C14H14F2N2O2S/c1-8-3-4-10(15)6-12(8)18-21(19,20)13-7-11(17)5-9(2)14(13)16/h3-7,18H,17H2,1-2H3. The highest BCUT2D eigenvalue weighted by molar-refractivity contribution is 7.92. The van der Waals surface area contributed by atoms with Gasteiger partial charge in [-0.2, -0.15) is 0 Å². The Balaban J connectivity index is 2.51. The van der Waals surface area contributed by atoms with Crippen molar-refractivity contribution >= 4 is 21.4 Å². The van der Waals surface area contributed by atoms with Gasteiger partial charge in [0.1, 0.15) is 16.5 Å². The van der Waals surface area contributed by atoms with E-state index in [9.17, 15) is 17.2 Å². The lowest BCUT2D eigenvalue weighted by Crippen LogP contribution is -2.16. The van der Waals surface area contributed by atoms with E-state index in [0.717, 1.165) is 12.1 Å². The summed E-state index contributed by atoms with van der Waals surface area (Å²) in [5.74, 6) is -1.48. The van der Waals surface area contributed by atoms with Crippen LogP contribution < -0.4 is 10.5 Å². The van der Waals surface area contributed by atoms with E-state index >= 15 is 0 Å². The van der Waals surface area contributed by atoms with Gasteiger partial charge in [-0.05, 0) is 49.2 Å². The van der Waals surface area contributed by atoms with Gasteiger partial charge < -0.3 is 5.73 Å². The number of hydrogen-bond acceptors (Lipinski definition) is 3. The van der Waals surface area contributed by atoms with Gasteiger partial charge in [-0.3, -0.25) is 4.72 Å². The van der Waals surface area contributed by atoms with Gasteiger partial charge in [-0.1, -0.05) is 6.07 Å². The Bertz CT molecular complexity index is 805. The molecule has 0 heterocycles. The molecule has 0 saturated heterocycles. The van der Waals surface area contributed by atoms with E-state index in [4.69, 9.17) is 5.73 Å². The highest BCUT2D eigenvalue weighted by atomic mass is 32.2. The fourth-order valence-electron chi connectivity index (χ4n) is 1.86. The number of aryl methyl sites for hydroxylation is 2. The van der Waals surface area contributed by atoms with E-state index in [-0.39, 0.29) is 16.9 Å². The molecule has 7 heteroatoms. The summed E-state index contributed by atoms with van der Waals surface area (Å²) in [5.41, 5.74) is 6.37. The van der Waals surface area contributed by atoms with Crippen LogP contribution in [0.3, 0.4) is 0 Å². The molecule has 112 valence electrons. The molecule has 21 heavy (non-hydrogen) atoms. The Morgan fingerprint density at radius 1 is 1.05 bits per heavy atom. The molecule has 0 amide bonds. The molecule has 2 aromatic rings. The summed E-state index contributed by atoms with van der Waals surface area (Å²) in [7, 11) is -4.20. The zero-order chi connectivity index (χ0) is 15.8. The number of halogens is 2. The highest BCUT2D eigenvalue weighted by Gasteiger charge is 2.22. The van der Waals surface area contributed by atoms with Crippen molar-refractivity contribution in [3.63, 3.8) is 0 Å². The van der Waals surface area contributed by atoms with Crippen molar-refractivity contribution < 1.29 is 17.2 Å². The zero-order valence-corrected chi connectivity index (χ0v) is 12.3. The van der Waals surface area contributed by atoms with Crippen LogP contribution in [-0.4, -0.2) is 8.42 Å². The Labute approximate surface area is 121 Å². The number of nitrogens with two attached hydrogens (primary N) is 1. The van der Waals surface area contributed by atoms with E-state index < -0.39 is 26.6 Å². The first-order valence-corrected chi connectivity index (χ1v) is 7.53. The predicted molar refractivity (Wildman–Crippen MR) is 77.5 cm³/mol. The van der Waals surface area contributed by atoms with Gasteiger partial charge in [0.05, 0.1) is 5.69 Å². The van der Waals surface area contributed by atoms with E-state index in [1.54, 1.807) is 6.92 Å². The Morgan fingerprint density at radius 2 is 1.71 bits per heavy atom. The number of benzene rings is 2. The minimum Gasteiger partial charge on any atom is -0.399 e. The Hall–Kier alpha value is -2.15. The molecule has 2 rings (SSSR count). The van der Waals surface area contributed by atoms with E-state index in [2.05, 4.69) is 4.72 Å². The van der Waals surface area contributed by atoms with Crippen molar-refractivity contribution in [1.82, 2.24) is 0 Å². The first-order chi connectivity index (χ1) is 9.70. The van der Waals surface area contributed by atoms with Crippen molar-refractivity contribution in [3.8, 4) is 0 Å². The summed E-state index contributed by atoms with van der Waals surface area (Å²) in [6.45, 7) is 3.02. The molecule has 0 atom stereocenters. The third-order valence-corrected chi connectivity index (χ3v) is 4.34. The molecule has 3 N–H and O–H groups in total. The molecule has 0 aliphatic rings. The number of nitrogen functional groups attached to an aromatic ring is 1. The summed E-state index contributed by atoms with van der Waals surface area (Å²) in [6, 6.07) is 6.03. The average molecular weight is 312 g/mol. The predicted octanol–water partition coefficient (Wildman–Crippen LogP) is 2.96. The second kappa shape index (κ2) is 5.33. The molecule has 0 unspecified atom stereocenters. The van der Waals surface area contributed by atoms with Gasteiger partial charge in [0.2, 0.25) is 0 Å². The third-order valence-electron chi connectivity index (χ3n) is 2.98. The van der Waals surface area contributed by atoms with Crippen LogP contribution in [0.5, 0.6) is 0 Å². The summed E-state index contributed by atoms with van der Waals surface area (Å²) in [6.07, 6.45) is 0. The number of nitrogens with one attached hydrogen (secondary N) is 1. The number of sulfonamides is 1. The first-order valence-electron chi connectivity index (χ1n) is 6.05. The molecule has 0 bridgehead atoms. The third kappa shape index (κ3) is 3.13. The summed E-state index contributed by atoms with van der Waals surface area (Å²) >= 11 is 0. The molecule has 0 saturated carbocycles. The molecule has 0 radical (unpaired) electrons. The maximum atomic E-state index is 14.0. The molecular weight excluding hydrogens is 298 g/mol. The second-order valence-electron chi connectivity index (χ2n) is 4.71. The summed E-state index contributed by atoms with van der Waals surface area (Å²) in [4.78, 5) is -0.566. The van der Waals surface area contributed by atoms with E-state index in [0.29, 0.717) is 5.56 Å². The van der Waals surface area contributed by atoms with Gasteiger partial charge >= 0.3 is 0 Å². The van der Waals surface area contributed by atoms with Crippen LogP contribution in [0.2, 0.25) is 0 Å². The van der Waals surface area contributed by atoms with Gasteiger partial charge in [0.25, 0.3) is 10.0 Å². The molecule has 2 aromatic carbocycles. The maximum absolute atomic E-state index is 14.0. The second-order valence-corrected chi connectivity index (χ2v) is 6.37. The van der Waals surface area contributed by atoms with Gasteiger partial charge in [-0.15, -0.1) is 0 Å². The van der Waals surface area contributed by atoms with Crippen LogP contribution in [-0.2, 0) is 10.0 Å². The lowest BCUT2D eigenvalue weighted by molar-refractivity contribution is 0.565. The molecule has 0 aliphatic heterocycles. The highest BCUT2D eigenvalue weighted by Crippen LogP contribution is 2.25. The maximum Gasteiger partial charge on any atom is 0.264 e. The number of rotatable bonds is 3. The molecule has 0 spiro atoms. The largest absolute Gasteiger partial charge is 0.399 e. The van der Waals surface area contributed by atoms with Crippen LogP contribution >= 0.6 is 0 Å². The van der Waals surface area contributed by atoms with Crippen LogP contribution in [0.1, 0.15) is 11.1 Å². The minimum absolute atomic E-state index is 0.0504. The number of hydrogen-bond donors (Lipinski definition) is 2. The van der Waals surface area contributed by atoms with Crippen molar-refractivity contribution in [1.29, 1.82) is 0 Å². The van der Waals surface area contributed by atoms with E-state index in [1.807, 2.05) is 0 Å². The lowest BCUT2D eigenvalue weighted by atomic mass is 10.2. The van der Waals surface area contributed by atoms with Crippen LogP contribution in [0.15, 0.2) is 35.2 Å². The summed E-state index contributed by atoms with van der Waals surface area (Å²) in [5, 5.41) is 0. The lowest BCUT2D eigenvalue weighted by Gasteiger charge is -2.12. The summed E-state index contributed by atoms with van der Waals surface area (Å²) < 4.78 is 53.9. The number of anilines is 2. The van der Waals surface area contributed by atoms with Crippen LogP contribution in [0.25, 0.3) is 0 Å². The fourth-order valence-corrected chi connectivity index (χ4v) is 3.17. The van der Waals surface area contributed by atoms with Crippen molar-refractivity contribution in [2.45, 2.75) is 18.7 Å². The van der Waals surface area contributed by atoms with Crippen LogP contribution in [0, 0.1) is 25.5 Å². The monoisotopic (exact) mass is 312 g/mol.